The fourth-order valence-electron chi connectivity index (χ4n) is 6.82. The van der Waals surface area contributed by atoms with Gasteiger partial charge in [0.1, 0.15) is 0 Å². The molecule has 0 saturated heterocycles. The Balaban J connectivity index is 0.000000320. The summed E-state index contributed by atoms with van der Waals surface area (Å²) in [5.74, 6) is 3.54. The lowest BCUT2D eigenvalue weighted by atomic mass is 9.60. The predicted molar refractivity (Wildman–Crippen MR) is 147 cm³/mol. The zero-order valence-corrected chi connectivity index (χ0v) is 24.5. The molecule has 0 amide bonds. The third-order valence-electron chi connectivity index (χ3n) is 8.66. The van der Waals surface area contributed by atoms with E-state index in [1.165, 1.54) is 64.2 Å². The van der Waals surface area contributed by atoms with Crippen LogP contribution in [-0.2, 0) is 0 Å². The zero-order chi connectivity index (χ0) is 24.8. The molecule has 0 nitrogen and oxygen atoms in total. The van der Waals surface area contributed by atoms with Crippen LogP contribution in [0.1, 0.15) is 147 Å². The zero-order valence-electron chi connectivity index (χ0n) is 24.5. The van der Waals surface area contributed by atoms with Crippen LogP contribution in [-0.4, -0.2) is 0 Å². The van der Waals surface area contributed by atoms with Crippen LogP contribution in [0.3, 0.4) is 0 Å². The molecular formula is C32H62. The summed E-state index contributed by atoms with van der Waals surface area (Å²) in [5.41, 5.74) is 1.86. The average Bonchev–Trinajstić information content (AvgIpc) is 2.49. The van der Waals surface area contributed by atoms with Gasteiger partial charge in [-0.2, -0.15) is 0 Å². The maximum Gasteiger partial charge on any atom is -0.0329 e. The minimum Gasteiger partial charge on any atom is -0.0885 e. The Morgan fingerprint density at radius 2 is 0.625 bits per heavy atom. The van der Waals surface area contributed by atoms with E-state index in [0.29, 0.717) is 21.7 Å². The molecule has 4 unspecified atom stereocenters. The average molecular weight is 447 g/mol. The quantitative estimate of drug-likeness (QED) is 0.324. The largest absolute Gasteiger partial charge is 0.0885 e. The van der Waals surface area contributed by atoms with Gasteiger partial charge in [-0.15, -0.1) is 0 Å². The lowest BCUT2D eigenvalue weighted by Crippen LogP contribution is -2.36. The van der Waals surface area contributed by atoms with Crippen molar-refractivity contribution in [2.45, 2.75) is 147 Å². The van der Waals surface area contributed by atoms with Gasteiger partial charge in [-0.05, 0) is 83.9 Å². The summed E-state index contributed by atoms with van der Waals surface area (Å²) in [5, 5.41) is 0. The fourth-order valence-corrected chi connectivity index (χ4v) is 6.82. The van der Waals surface area contributed by atoms with Gasteiger partial charge in [-0.3, -0.25) is 0 Å². The Bertz CT molecular complexity index is 487. The van der Waals surface area contributed by atoms with Crippen LogP contribution in [0.4, 0.5) is 0 Å². The molecular weight excluding hydrogens is 384 g/mol. The summed E-state index contributed by atoms with van der Waals surface area (Å²) in [6.45, 7) is 29.2. The summed E-state index contributed by atoms with van der Waals surface area (Å²) in [6, 6.07) is 0. The Morgan fingerprint density at radius 1 is 0.375 bits per heavy atom. The summed E-state index contributed by atoms with van der Waals surface area (Å²) >= 11 is 0. The van der Waals surface area contributed by atoms with Crippen molar-refractivity contribution in [1.29, 1.82) is 0 Å². The van der Waals surface area contributed by atoms with Crippen molar-refractivity contribution >= 4 is 0 Å². The first-order valence-electron chi connectivity index (χ1n) is 14.1. The molecule has 2 aliphatic carbocycles. The van der Waals surface area contributed by atoms with E-state index >= 15 is 0 Å². The SMILES string of the molecule is CC(C)(C)C1CCC=CCCC1C(C)(C)C.CC(C)(C)C1CCCCCCC1C(C)(C)C. The molecule has 0 heterocycles. The van der Waals surface area contributed by atoms with Crippen molar-refractivity contribution < 1.29 is 0 Å². The third kappa shape index (κ3) is 9.93. The maximum atomic E-state index is 2.44. The molecule has 0 bridgehead atoms. The number of hydrogen-bond acceptors (Lipinski definition) is 0. The minimum absolute atomic E-state index is 0.448. The van der Waals surface area contributed by atoms with Crippen molar-refractivity contribution in [3.8, 4) is 0 Å². The summed E-state index contributed by atoms with van der Waals surface area (Å²) < 4.78 is 0. The second-order valence-corrected chi connectivity index (χ2v) is 15.5. The van der Waals surface area contributed by atoms with Gasteiger partial charge in [-0.1, -0.05) is 121 Å². The van der Waals surface area contributed by atoms with E-state index in [9.17, 15) is 0 Å². The van der Waals surface area contributed by atoms with Crippen LogP contribution in [0.5, 0.6) is 0 Å². The van der Waals surface area contributed by atoms with E-state index in [1.807, 2.05) is 0 Å². The van der Waals surface area contributed by atoms with E-state index in [-0.39, 0.29) is 0 Å². The Hall–Kier alpha value is -0.260. The molecule has 0 radical (unpaired) electrons. The van der Waals surface area contributed by atoms with Crippen molar-refractivity contribution in [1.82, 2.24) is 0 Å². The first-order chi connectivity index (χ1) is 14.5. The summed E-state index contributed by atoms with van der Waals surface area (Å²) in [6.07, 6.45) is 18.8. The van der Waals surface area contributed by atoms with Gasteiger partial charge in [0.05, 0.1) is 0 Å². The third-order valence-corrected chi connectivity index (χ3v) is 8.66. The highest BCUT2D eigenvalue weighted by molar-refractivity contribution is 4.94. The van der Waals surface area contributed by atoms with E-state index < -0.39 is 0 Å². The summed E-state index contributed by atoms with van der Waals surface area (Å²) in [4.78, 5) is 0. The minimum atomic E-state index is 0.448. The normalized spacial score (nSPS) is 29.1. The van der Waals surface area contributed by atoms with E-state index in [2.05, 4.69) is 95.2 Å². The molecule has 0 aromatic rings. The molecule has 0 N–H and O–H groups in total. The molecule has 0 aromatic heterocycles. The van der Waals surface area contributed by atoms with Crippen LogP contribution in [0.15, 0.2) is 12.2 Å². The molecule has 1 fully saturated rings. The lowest BCUT2D eigenvalue weighted by molar-refractivity contribution is 0.0478. The Kier molecular flexibility index (Phi) is 11.1. The van der Waals surface area contributed by atoms with Crippen LogP contribution in [0.25, 0.3) is 0 Å². The van der Waals surface area contributed by atoms with Gasteiger partial charge in [0.25, 0.3) is 0 Å². The van der Waals surface area contributed by atoms with Gasteiger partial charge in [0.15, 0.2) is 0 Å². The number of allylic oxidation sites excluding steroid dienone is 2. The lowest BCUT2D eigenvalue weighted by Gasteiger charge is -2.45. The van der Waals surface area contributed by atoms with E-state index in [1.54, 1.807) is 0 Å². The standard InChI is InChI=1S/C16H32.C16H30/c2*1-15(2,3)13-11-9-7-8-10-12-14(13)16(4,5)6/h13-14H,7-12H2,1-6H3;7-8,13-14H,9-12H2,1-6H3. The van der Waals surface area contributed by atoms with Crippen LogP contribution in [0.2, 0.25) is 0 Å². The second-order valence-electron chi connectivity index (χ2n) is 15.5. The highest BCUT2D eigenvalue weighted by Crippen LogP contribution is 2.48. The Labute approximate surface area is 204 Å². The van der Waals surface area contributed by atoms with Gasteiger partial charge in [0, 0.05) is 0 Å². The first-order valence-corrected chi connectivity index (χ1v) is 14.1. The van der Waals surface area contributed by atoms with Crippen molar-refractivity contribution in [2.24, 2.45) is 45.3 Å². The number of rotatable bonds is 0. The molecule has 1 saturated carbocycles. The summed E-state index contributed by atoms with van der Waals surface area (Å²) in [7, 11) is 0. The molecule has 4 atom stereocenters. The first kappa shape index (κ1) is 29.8. The van der Waals surface area contributed by atoms with E-state index in [4.69, 9.17) is 0 Å². The molecule has 190 valence electrons. The topological polar surface area (TPSA) is 0 Å². The smallest absolute Gasteiger partial charge is 0.0329 e. The highest BCUT2D eigenvalue weighted by atomic mass is 14.4. The van der Waals surface area contributed by atoms with Crippen LogP contribution < -0.4 is 0 Å². The molecule has 2 aliphatic rings. The second kappa shape index (κ2) is 11.9. The maximum absolute atomic E-state index is 2.44. The monoisotopic (exact) mass is 446 g/mol. The molecule has 0 spiro atoms. The van der Waals surface area contributed by atoms with Gasteiger partial charge < -0.3 is 0 Å². The molecule has 0 aromatic carbocycles. The molecule has 32 heavy (non-hydrogen) atoms. The van der Waals surface area contributed by atoms with Crippen molar-refractivity contribution in [3.05, 3.63) is 12.2 Å². The van der Waals surface area contributed by atoms with Gasteiger partial charge in [-0.25, -0.2) is 0 Å². The van der Waals surface area contributed by atoms with Crippen LogP contribution >= 0.6 is 0 Å². The number of hydrogen-bond donors (Lipinski definition) is 0. The predicted octanol–water partition coefficient (Wildman–Crippen LogP) is 11.1. The van der Waals surface area contributed by atoms with Gasteiger partial charge >= 0.3 is 0 Å². The van der Waals surface area contributed by atoms with Crippen LogP contribution in [0, 0.1) is 45.3 Å². The molecule has 0 heteroatoms. The molecule has 2 rings (SSSR count). The van der Waals surface area contributed by atoms with Gasteiger partial charge in [0.2, 0.25) is 0 Å². The fraction of sp³-hybridized carbons (Fsp3) is 0.938. The molecule has 0 aliphatic heterocycles. The Morgan fingerprint density at radius 3 is 0.875 bits per heavy atom. The van der Waals surface area contributed by atoms with E-state index in [0.717, 1.165) is 23.7 Å². The van der Waals surface area contributed by atoms with Crippen molar-refractivity contribution in [3.63, 3.8) is 0 Å². The highest BCUT2D eigenvalue weighted by Gasteiger charge is 2.39. The van der Waals surface area contributed by atoms with Crippen molar-refractivity contribution in [2.75, 3.05) is 0 Å².